The number of esters is 1. The van der Waals surface area contributed by atoms with Crippen LogP contribution in [-0.4, -0.2) is 18.9 Å². The van der Waals surface area contributed by atoms with E-state index in [1.54, 1.807) is 0 Å². The van der Waals surface area contributed by atoms with Gasteiger partial charge in [-0.05, 0) is 110 Å². The van der Waals surface area contributed by atoms with Gasteiger partial charge in [0.15, 0.2) is 5.78 Å². The number of carbonyl (C=O) groups excluding carboxylic acids is 2. The standard InChI is InChI=1S/C32H47NO3/c1-19-9-12-28(3)15-16-30(5)22(25(28)20(19)2)17-23(34)26-29(4)13-10-21(18-33)32(7,27(35)36-8)24(29)11-14-31(26,30)6/h17,19-21,24-26H,9-16H2,1-8H3/t19-,20+,21+,24?,25+,26-,28-,29+,30-,31-,32?/m1/s1. The van der Waals surface area contributed by atoms with Crippen molar-refractivity contribution in [1.29, 1.82) is 5.26 Å². The Morgan fingerprint density at radius 3 is 2.33 bits per heavy atom. The Bertz CT molecular complexity index is 1060. The Morgan fingerprint density at radius 1 is 1.00 bits per heavy atom. The second-order valence-corrected chi connectivity index (χ2v) is 14.8. The number of hydrogen-bond donors (Lipinski definition) is 0. The van der Waals surface area contributed by atoms with Crippen molar-refractivity contribution in [2.24, 2.45) is 62.6 Å². The summed E-state index contributed by atoms with van der Waals surface area (Å²) in [6, 6.07) is 2.45. The van der Waals surface area contributed by atoms with Gasteiger partial charge in [-0.2, -0.15) is 5.26 Å². The molecule has 0 bridgehead atoms. The third-order valence-electron chi connectivity index (χ3n) is 13.6. The number of ether oxygens (including phenoxy) is 1. The number of ketones is 1. The first-order valence-electron chi connectivity index (χ1n) is 14.5. The molecule has 4 saturated carbocycles. The first-order chi connectivity index (χ1) is 16.7. The Balaban J connectivity index is 1.65. The van der Waals surface area contributed by atoms with Crippen LogP contribution in [0.4, 0.5) is 0 Å². The fourth-order valence-corrected chi connectivity index (χ4v) is 11.1. The van der Waals surface area contributed by atoms with Crippen molar-refractivity contribution in [1.82, 2.24) is 0 Å². The molecule has 5 rings (SSSR count). The maximum Gasteiger partial charge on any atom is 0.313 e. The molecule has 4 fully saturated rings. The van der Waals surface area contributed by atoms with Crippen molar-refractivity contribution in [2.45, 2.75) is 99.8 Å². The highest BCUT2D eigenvalue weighted by molar-refractivity contribution is 5.96. The smallest absolute Gasteiger partial charge is 0.313 e. The van der Waals surface area contributed by atoms with Crippen LogP contribution in [0, 0.1) is 73.9 Å². The number of fused-ring (bicyclic) bond motifs is 7. The topological polar surface area (TPSA) is 67.2 Å². The van der Waals surface area contributed by atoms with Crippen molar-refractivity contribution in [3.05, 3.63) is 11.6 Å². The highest BCUT2D eigenvalue weighted by Crippen LogP contribution is 2.75. The fraction of sp³-hybridized carbons (Fsp3) is 0.844. The molecule has 2 unspecified atom stereocenters. The van der Waals surface area contributed by atoms with Crippen LogP contribution in [0.1, 0.15) is 99.8 Å². The number of rotatable bonds is 1. The Hall–Kier alpha value is -1.63. The number of carbonyl (C=O) groups is 2. The number of hydrogen-bond acceptors (Lipinski definition) is 4. The first kappa shape index (κ1) is 26.0. The van der Waals surface area contributed by atoms with E-state index in [-0.39, 0.29) is 51.2 Å². The van der Waals surface area contributed by atoms with Gasteiger partial charge < -0.3 is 4.74 Å². The summed E-state index contributed by atoms with van der Waals surface area (Å²) in [6.07, 6.45) is 10.3. The van der Waals surface area contributed by atoms with E-state index in [1.165, 1.54) is 31.9 Å². The zero-order valence-corrected chi connectivity index (χ0v) is 23.9. The van der Waals surface area contributed by atoms with Gasteiger partial charge in [0.1, 0.15) is 0 Å². The second-order valence-electron chi connectivity index (χ2n) is 14.8. The SMILES string of the molecule is COC(=O)C1(C)C2CC[C@]3(C)[C@H](C(=O)C=C4[C@@H]5[C@@H](C)[C@H](C)CC[C@]5(C)CC[C@]43C)[C@@]2(C)CC[C@H]1C#N. The largest absolute Gasteiger partial charge is 0.469 e. The minimum atomic E-state index is -0.874. The molecular weight excluding hydrogens is 446 g/mol. The van der Waals surface area contributed by atoms with E-state index in [0.29, 0.717) is 24.2 Å². The van der Waals surface area contributed by atoms with Crippen molar-refractivity contribution in [3.8, 4) is 6.07 Å². The van der Waals surface area contributed by atoms with Gasteiger partial charge in [0.25, 0.3) is 0 Å². The number of allylic oxidation sites excluding steroid dienone is 2. The van der Waals surface area contributed by atoms with E-state index >= 15 is 0 Å². The number of nitriles is 1. The van der Waals surface area contributed by atoms with Gasteiger partial charge in [0.05, 0.1) is 24.5 Å². The summed E-state index contributed by atoms with van der Waals surface area (Å²) in [5.74, 6) is 1.23. The summed E-state index contributed by atoms with van der Waals surface area (Å²) < 4.78 is 5.32. The molecule has 4 heteroatoms. The van der Waals surface area contributed by atoms with Gasteiger partial charge in [-0.1, -0.05) is 47.1 Å². The molecule has 11 atom stereocenters. The lowest BCUT2D eigenvalue weighted by Gasteiger charge is -2.70. The highest BCUT2D eigenvalue weighted by Gasteiger charge is 2.72. The summed E-state index contributed by atoms with van der Waals surface area (Å²) in [4.78, 5) is 27.7. The van der Waals surface area contributed by atoms with Crippen molar-refractivity contribution in [3.63, 3.8) is 0 Å². The molecule has 0 heterocycles. The minimum absolute atomic E-state index is 0.0111. The van der Waals surface area contributed by atoms with Gasteiger partial charge in [-0.25, -0.2) is 0 Å². The van der Waals surface area contributed by atoms with Crippen LogP contribution in [0.2, 0.25) is 0 Å². The van der Waals surface area contributed by atoms with Crippen LogP contribution in [-0.2, 0) is 14.3 Å². The van der Waals surface area contributed by atoms with Gasteiger partial charge >= 0.3 is 5.97 Å². The number of nitrogens with zero attached hydrogens (tertiary/aromatic N) is 1. The van der Waals surface area contributed by atoms with E-state index in [4.69, 9.17) is 4.74 Å². The lowest BCUT2D eigenvalue weighted by molar-refractivity contribution is -0.204. The van der Waals surface area contributed by atoms with Gasteiger partial charge in [0, 0.05) is 5.92 Å². The van der Waals surface area contributed by atoms with E-state index < -0.39 is 5.41 Å². The molecule has 0 aromatic carbocycles. The lowest BCUT2D eigenvalue weighted by atomic mass is 9.32. The average Bonchev–Trinajstić information content (AvgIpc) is 2.82. The normalized spacial score (nSPS) is 54.1. The maximum atomic E-state index is 14.4. The fourth-order valence-electron chi connectivity index (χ4n) is 11.1. The zero-order valence-electron chi connectivity index (χ0n) is 23.9. The van der Waals surface area contributed by atoms with Gasteiger partial charge in [-0.15, -0.1) is 0 Å². The van der Waals surface area contributed by atoms with Crippen LogP contribution < -0.4 is 0 Å². The third kappa shape index (κ3) is 2.92. The number of methoxy groups -OCH3 is 1. The molecule has 0 aromatic heterocycles. The van der Waals surface area contributed by atoms with E-state index in [1.807, 2.05) is 6.92 Å². The van der Waals surface area contributed by atoms with Crippen LogP contribution in [0.15, 0.2) is 11.6 Å². The second kappa shape index (κ2) is 7.94. The predicted octanol–water partition coefficient (Wildman–Crippen LogP) is 7.14. The molecular formula is C32H47NO3. The minimum Gasteiger partial charge on any atom is -0.469 e. The molecule has 0 radical (unpaired) electrons. The molecule has 4 nitrogen and oxygen atoms in total. The molecule has 0 aromatic rings. The average molecular weight is 494 g/mol. The summed E-state index contributed by atoms with van der Waals surface area (Å²) in [5.41, 5.74) is 0.387. The molecule has 0 spiro atoms. The summed E-state index contributed by atoms with van der Waals surface area (Å²) in [5, 5.41) is 10.0. The summed E-state index contributed by atoms with van der Waals surface area (Å²) in [7, 11) is 1.44. The molecule has 198 valence electrons. The van der Waals surface area contributed by atoms with E-state index in [9.17, 15) is 14.9 Å². The molecule has 0 amide bonds. The Labute approximate surface area is 218 Å². The zero-order chi connectivity index (χ0) is 26.5. The monoisotopic (exact) mass is 493 g/mol. The Morgan fingerprint density at radius 2 is 1.69 bits per heavy atom. The predicted molar refractivity (Wildman–Crippen MR) is 140 cm³/mol. The van der Waals surface area contributed by atoms with Crippen LogP contribution in [0.3, 0.4) is 0 Å². The highest BCUT2D eigenvalue weighted by atomic mass is 16.5. The van der Waals surface area contributed by atoms with E-state index in [0.717, 1.165) is 25.7 Å². The van der Waals surface area contributed by atoms with Crippen LogP contribution in [0.25, 0.3) is 0 Å². The lowest BCUT2D eigenvalue weighted by Crippen LogP contribution is -2.67. The molecule has 5 aliphatic rings. The molecule has 5 aliphatic carbocycles. The van der Waals surface area contributed by atoms with E-state index in [2.05, 4.69) is 53.7 Å². The summed E-state index contributed by atoms with van der Waals surface area (Å²) >= 11 is 0. The van der Waals surface area contributed by atoms with Crippen LogP contribution >= 0.6 is 0 Å². The van der Waals surface area contributed by atoms with Crippen molar-refractivity contribution >= 4 is 11.8 Å². The quantitative estimate of drug-likeness (QED) is 0.364. The first-order valence-corrected chi connectivity index (χ1v) is 14.5. The molecule has 0 aliphatic heterocycles. The van der Waals surface area contributed by atoms with Crippen molar-refractivity contribution in [2.75, 3.05) is 7.11 Å². The maximum absolute atomic E-state index is 14.4. The summed E-state index contributed by atoms with van der Waals surface area (Å²) in [6.45, 7) is 16.4. The van der Waals surface area contributed by atoms with Crippen LogP contribution in [0.5, 0.6) is 0 Å². The third-order valence-corrected chi connectivity index (χ3v) is 13.6. The molecule has 0 saturated heterocycles. The van der Waals surface area contributed by atoms with Crippen molar-refractivity contribution < 1.29 is 14.3 Å². The Kier molecular flexibility index (Phi) is 5.73. The molecule has 36 heavy (non-hydrogen) atoms. The van der Waals surface area contributed by atoms with Gasteiger partial charge in [0.2, 0.25) is 0 Å². The van der Waals surface area contributed by atoms with Gasteiger partial charge in [-0.3, -0.25) is 9.59 Å². The molecule has 0 N–H and O–H groups in total.